The van der Waals surface area contributed by atoms with E-state index < -0.39 is 5.97 Å². The quantitative estimate of drug-likeness (QED) is 0.785. The normalized spacial score (nSPS) is 17.5. The second-order valence-electron chi connectivity index (χ2n) is 6.15. The van der Waals surface area contributed by atoms with Crippen molar-refractivity contribution in [2.45, 2.75) is 32.7 Å². The van der Waals surface area contributed by atoms with E-state index in [4.69, 9.17) is 4.74 Å². The van der Waals surface area contributed by atoms with Gasteiger partial charge in [0.15, 0.2) is 0 Å². The molecule has 2 heterocycles. The van der Waals surface area contributed by atoms with Gasteiger partial charge in [0.1, 0.15) is 5.69 Å². The molecule has 1 saturated heterocycles. The van der Waals surface area contributed by atoms with Crippen LogP contribution in [0.1, 0.15) is 43.2 Å². The number of carboxylic acids is 1. The molecule has 2 rings (SSSR count). The van der Waals surface area contributed by atoms with Gasteiger partial charge in [0.2, 0.25) is 0 Å². The number of nitrogens with zero attached hydrogens (tertiary/aromatic N) is 2. The van der Waals surface area contributed by atoms with Crippen LogP contribution in [-0.4, -0.2) is 53.4 Å². The van der Waals surface area contributed by atoms with E-state index in [9.17, 15) is 9.90 Å². The van der Waals surface area contributed by atoms with Gasteiger partial charge in [-0.2, -0.15) is 0 Å². The topological polar surface area (TPSA) is 54.7 Å². The molecule has 0 aliphatic carbocycles. The van der Waals surface area contributed by atoms with Crippen molar-refractivity contribution in [1.29, 1.82) is 0 Å². The molecular weight excluding hydrogens is 268 g/mol. The molecule has 5 nitrogen and oxygen atoms in total. The predicted molar refractivity (Wildman–Crippen MR) is 81.8 cm³/mol. The SMILES string of the molecule is CC(C)COCCN1CCC(n2cccc2C(=O)O)CC1. The summed E-state index contributed by atoms with van der Waals surface area (Å²) in [5.74, 6) is -0.261. The second-order valence-corrected chi connectivity index (χ2v) is 6.15. The molecule has 1 fully saturated rings. The van der Waals surface area contributed by atoms with E-state index in [1.54, 1.807) is 6.07 Å². The van der Waals surface area contributed by atoms with Gasteiger partial charge in [0.05, 0.1) is 6.61 Å². The first-order valence-corrected chi connectivity index (χ1v) is 7.78. The van der Waals surface area contributed by atoms with Crippen molar-refractivity contribution in [3.05, 3.63) is 24.0 Å². The molecule has 1 aromatic heterocycles. The molecule has 118 valence electrons. The number of hydrogen-bond donors (Lipinski definition) is 1. The van der Waals surface area contributed by atoms with Crippen LogP contribution < -0.4 is 0 Å². The maximum Gasteiger partial charge on any atom is 0.352 e. The summed E-state index contributed by atoms with van der Waals surface area (Å²) in [7, 11) is 0. The molecule has 1 aliphatic rings. The summed E-state index contributed by atoms with van der Waals surface area (Å²) in [6.45, 7) is 8.90. The zero-order chi connectivity index (χ0) is 15.2. The summed E-state index contributed by atoms with van der Waals surface area (Å²) in [5.41, 5.74) is 0.397. The Morgan fingerprint density at radius 1 is 1.43 bits per heavy atom. The van der Waals surface area contributed by atoms with Gasteiger partial charge in [0.25, 0.3) is 0 Å². The number of aromatic carboxylic acids is 1. The Hall–Kier alpha value is -1.33. The Kier molecular flexibility index (Phi) is 5.82. The predicted octanol–water partition coefficient (Wildman–Crippen LogP) is 2.50. The highest BCUT2D eigenvalue weighted by molar-refractivity contribution is 5.85. The number of rotatable bonds is 7. The lowest BCUT2D eigenvalue weighted by molar-refractivity contribution is 0.0664. The number of aromatic nitrogens is 1. The van der Waals surface area contributed by atoms with Gasteiger partial charge >= 0.3 is 5.97 Å². The molecule has 1 aromatic rings. The molecule has 0 spiro atoms. The second kappa shape index (κ2) is 7.61. The number of ether oxygens (including phenoxy) is 1. The fourth-order valence-corrected chi connectivity index (χ4v) is 2.83. The smallest absolute Gasteiger partial charge is 0.352 e. The van der Waals surface area contributed by atoms with Crippen molar-refractivity contribution in [3.8, 4) is 0 Å². The average molecular weight is 294 g/mol. The van der Waals surface area contributed by atoms with Gasteiger partial charge in [-0.15, -0.1) is 0 Å². The average Bonchev–Trinajstić information content (AvgIpc) is 2.93. The Balaban J connectivity index is 1.75. The summed E-state index contributed by atoms with van der Waals surface area (Å²) in [5, 5.41) is 9.18. The first-order valence-electron chi connectivity index (χ1n) is 7.78. The molecule has 0 aromatic carbocycles. The first-order chi connectivity index (χ1) is 10.1. The minimum absolute atomic E-state index is 0.305. The van der Waals surface area contributed by atoms with Gasteiger partial charge in [-0.05, 0) is 30.9 Å². The number of piperidine rings is 1. The minimum Gasteiger partial charge on any atom is -0.477 e. The summed E-state index contributed by atoms with van der Waals surface area (Å²) in [6.07, 6.45) is 3.88. The van der Waals surface area contributed by atoms with E-state index in [1.807, 2.05) is 16.8 Å². The number of hydrogen-bond acceptors (Lipinski definition) is 3. The highest BCUT2D eigenvalue weighted by Gasteiger charge is 2.23. The molecule has 0 saturated carbocycles. The molecule has 0 amide bonds. The van der Waals surface area contributed by atoms with Crippen LogP contribution in [0.4, 0.5) is 0 Å². The molecular formula is C16H26N2O3. The van der Waals surface area contributed by atoms with Gasteiger partial charge in [-0.3, -0.25) is 0 Å². The largest absolute Gasteiger partial charge is 0.477 e. The van der Waals surface area contributed by atoms with Crippen LogP contribution in [0.2, 0.25) is 0 Å². The van der Waals surface area contributed by atoms with Crippen LogP contribution in [-0.2, 0) is 4.74 Å². The summed E-state index contributed by atoms with van der Waals surface area (Å²) in [4.78, 5) is 13.6. The van der Waals surface area contributed by atoms with Crippen LogP contribution >= 0.6 is 0 Å². The van der Waals surface area contributed by atoms with Crippen molar-refractivity contribution in [3.63, 3.8) is 0 Å². The lowest BCUT2D eigenvalue weighted by Gasteiger charge is -2.33. The van der Waals surface area contributed by atoms with E-state index in [-0.39, 0.29) is 0 Å². The summed E-state index contributed by atoms with van der Waals surface area (Å²) >= 11 is 0. The van der Waals surface area contributed by atoms with E-state index in [1.165, 1.54) is 0 Å². The maximum atomic E-state index is 11.2. The van der Waals surface area contributed by atoms with E-state index in [2.05, 4.69) is 18.7 Å². The third-order valence-electron chi connectivity index (χ3n) is 3.95. The minimum atomic E-state index is -0.843. The molecule has 5 heteroatoms. The Morgan fingerprint density at radius 3 is 2.76 bits per heavy atom. The Labute approximate surface area is 126 Å². The fourth-order valence-electron chi connectivity index (χ4n) is 2.83. The maximum absolute atomic E-state index is 11.2. The fraction of sp³-hybridized carbons (Fsp3) is 0.688. The van der Waals surface area contributed by atoms with Gasteiger partial charge < -0.3 is 19.3 Å². The number of carbonyl (C=O) groups is 1. The zero-order valence-electron chi connectivity index (χ0n) is 13.0. The lowest BCUT2D eigenvalue weighted by atomic mass is 10.0. The molecule has 0 unspecified atom stereocenters. The highest BCUT2D eigenvalue weighted by Crippen LogP contribution is 2.24. The molecule has 0 radical (unpaired) electrons. The van der Waals surface area contributed by atoms with E-state index >= 15 is 0 Å². The third kappa shape index (κ3) is 4.58. The van der Waals surface area contributed by atoms with Crippen LogP contribution in [0.3, 0.4) is 0 Å². The van der Waals surface area contributed by atoms with E-state index in [0.717, 1.165) is 45.7 Å². The van der Waals surface area contributed by atoms with Gasteiger partial charge in [-0.25, -0.2) is 4.79 Å². The van der Waals surface area contributed by atoms with Crippen molar-refractivity contribution in [2.24, 2.45) is 5.92 Å². The first kappa shape index (κ1) is 16.0. The Morgan fingerprint density at radius 2 is 2.14 bits per heavy atom. The van der Waals surface area contributed by atoms with Crippen LogP contribution in [0.5, 0.6) is 0 Å². The van der Waals surface area contributed by atoms with Crippen LogP contribution in [0.15, 0.2) is 18.3 Å². The van der Waals surface area contributed by atoms with Crippen molar-refractivity contribution in [1.82, 2.24) is 9.47 Å². The standard InChI is InChI=1S/C16H26N2O3/c1-13(2)12-21-11-10-17-8-5-14(6-9-17)18-7-3-4-15(18)16(19)20/h3-4,7,13-14H,5-6,8-12H2,1-2H3,(H,19,20). The Bertz CT molecular complexity index is 448. The van der Waals surface area contributed by atoms with Crippen molar-refractivity contribution < 1.29 is 14.6 Å². The molecule has 21 heavy (non-hydrogen) atoms. The van der Waals surface area contributed by atoms with Crippen molar-refractivity contribution >= 4 is 5.97 Å². The van der Waals surface area contributed by atoms with Gasteiger partial charge in [0, 0.05) is 38.5 Å². The number of likely N-dealkylation sites (tertiary alicyclic amines) is 1. The lowest BCUT2D eigenvalue weighted by Crippen LogP contribution is -2.37. The summed E-state index contributed by atoms with van der Waals surface area (Å²) < 4.78 is 7.53. The third-order valence-corrected chi connectivity index (χ3v) is 3.95. The highest BCUT2D eigenvalue weighted by atomic mass is 16.5. The monoisotopic (exact) mass is 294 g/mol. The van der Waals surface area contributed by atoms with Gasteiger partial charge in [-0.1, -0.05) is 13.8 Å². The molecule has 1 N–H and O–H groups in total. The van der Waals surface area contributed by atoms with Crippen molar-refractivity contribution in [2.75, 3.05) is 32.8 Å². The molecule has 0 atom stereocenters. The van der Waals surface area contributed by atoms with E-state index in [0.29, 0.717) is 17.7 Å². The molecule has 0 bridgehead atoms. The zero-order valence-corrected chi connectivity index (χ0v) is 13.0. The molecule has 1 aliphatic heterocycles. The number of carboxylic acid groups (broad SMARTS) is 1. The summed E-state index contributed by atoms with van der Waals surface area (Å²) in [6, 6.07) is 3.79. The van der Waals surface area contributed by atoms with Crippen LogP contribution in [0.25, 0.3) is 0 Å². The van der Waals surface area contributed by atoms with Crippen LogP contribution in [0, 0.1) is 5.92 Å².